The average Bonchev–Trinajstić information content (AvgIpc) is 3.19. The summed E-state index contributed by atoms with van der Waals surface area (Å²) in [7, 11) is 0. The van der Waals surface area contributed by atoms with Gasteiger partial charge < -0.3 is 4.74 Å². The minimum Gasteiger partial charge on any atom is -0.379 e. The highest BCUT2D eigenvalue weighted by Gasteiger charge is 2.19. The van der Waals surface area contributed by atoms with Crippen LogP contribution in [0.15, 0.2) is 59.1 Å². The Hall–Kier alpha value is -1.77. The zero-order valence-electron chi connectivity index (χ0n) is 17.1. The van der Waals surface area contributed by atoms with Gasteiger partial charge in [-0.05, 0) is 36.3 Å². The van der Waals surface area contributed by atoms with Crippen LogP contribution < -0.4 is 4.90 Å². The van der Waals surface area contributed by atoms with Gasteiger partial charge >= 0.3 is 0 Å². The van der Waals surface area contributed by atoms with E-state index < -0.39 is 0 Å². The van der Waals surface area contributed by atoms with Gasteiger partial charge in [0.15, 0.2) is 5.13 Å². The minimum absolute atomic E-state index is 0. The minimum atomic E-state index is -0.0426. The second kappa shape index (κ2) is 11.7. The Labute approximate surface area is 201 Å². The maximum absolute atomic E-state index is 13.1. The first-order valence-electron chi connectivity index (χ1n) is 10.1. The number of carbonyl (C=O) groups excluding carboxylic acids is 1. The molecule has 0 bridgehead atoms. The second-order valence-electron chi connectivity index (χ2n) is 7.15. The van der Waals surface area contributed by atoms with Crippen LogP contribution in [0, 0.1) is 0 Å². The summed E-state index contributed by atoms with van der Waals surface area (Å²) < 4.78 is 7.50. The van der Waals surface area contributed by atoms with Crippen molar-refractivity contribution < 1.29 is 9.53 Å². The molecule has 0 unspecified atom stereocenters. The quantitative estimate of drug-likeness (QED) is 0.398. The molecule has 0 spiro atoms. The lowest BCUT2D eigenvalue weighted by atomic mass is 10.2. The normalized spacial score (nSPS) is 14.6. The summed E-state index contributed by atoms with van der Waals surface area (Å²) in [6.45, 7) is 5.07. The van der Waals surface area contributed by atoms with Crippen LogP contribution >= 0.6 is 39.7 Å². The number of morpholine rings is 1. The van der Waals surface area contributed by atoms with Gasteiger partial charge in [0.1, 0.15) is 0 Å². The molecule has 31 heavy (non-hydrogen) atoms. The predicted molar refractivity (Wildman–Crippen MR) is 134 cm³/mol. The highest BCUT2D eigenvalue weighted by atomic mass is 79.9. The van der Waals surface area contributed by atoms with Gasteiger partial charge in [0.2, 0.25) is 0 Å². The van der Waals surface area contributed by atoms with Crippen LogP contribution in [0.25, 0.3) is 16.3 Å². The summed E-state index contributed by atoms with van der Waals surface area (Å²) in [6, 6.07) is 15.9. The first-order valence-corrected chi connectivity index (χ1v) is 11.7. The van der Waals surface area contributed by atoms with Gasteiger partial charge in [-0.1, -0.05) is 57.6 Å². The second-order valence-corrected chi connectivity index (χ2v) is 9.07. The van der Waals surface area contributed by atoms with Crippen LogP contribution in [0.2, 0.25) is 0 Å². The number of thiazole rings is 1. The van der Waals surface area contributed by atoms with Crippen LogP contribution in [-0.2, 0) is 9.53 Å². The van der Waals surface area contributed by atoms with Gasteiger partial charge in [0.05, 0.1) is 23.4 Å². The van der Waals surface area contributed by atoms with Gasteiger partial charge in [-0.15, -0.1) is 12.4 Å². The maximum atomic E-state index is 13.1. The molecule has 4 rings (SSSR count). The Morgan fingerprint density at radius 2 is 1.97 bits per heavy atom. The third-order valence-corrected chi connectivity index (χ3v) is 6.55. The number of aromatic nitrogens is 1. The topological polar surface area (TPSA) is 45.7 Å². The summed E-state index contributed by atoms with van der Waals surface area (Å²) in [5, 5.41) is 0.743. The third-order valence-electron chi connectivity index (χ3n) is 5.01. The zero-order chi connectivity index (χ0) is 20.8. The molecule has 0 saturated carbocycles. The number of hydrogen-bond donors (Lipinski definition) is 0. The van der Waals surface area contributed by atoms with Crippen molar-refractivity contribution >= 4 is 67.0 Å². The summed E-state index contributed by atoms with van der Waals surface area (Å²) >= 11 is 5.07. The molecule has 1 aliphatic heterocycles. The number of amides is 1. The number of halogens is 2. The molecular weight excluding hydrogens is 498 g/mol. The number of carbonyl (C=O) groups is 1. The van der Waals surface area contributed by atoms with Gasteiger partial charge in [0.25, 0.3) is 5.91 Å². The fourth-order valence-electron chi connectivity index (χ4n) is 3.40. The number of fused-ring (bicyclic) bond motifs is 1. The van der Waals surface area contributed by atoms with E-state index in [0.29, 0.717) is 6.54 Å². The highest BCUT2D eigenvalue weighted by Crippen LogP contribution is 2.31. The van der Waals surface area contributed by atoms with Gasteiger partial charge in [-0.3, -0.25) is 14.6 Å². The van der Waals surface area contributed by atoms with Crippen LogP contribution in [0.1, 0.15) is 12.0 Å². The van der Waals surface area contributed by atoms with Crippen LogP contribution in [0.3, 0.4) is 0 Å². The summed E-state index contributed by atoms with van der Waals surface area (Å²) in [5.74, 6) is -0.0426. The summed E-state index contributed by atoms with van der Waals surface area (Å²) in [5.41, 5.74) is 1.92. The number of anilines is 1. The van der Waals surface area contributed by atoms with Gasteiger partial charge in [-0.25, -0.2) is 4.98 Å². The predicted octanol–water partition coefficient (Wildman–Crippen LogP) is 5.25. The maximum Gasteiger partial charge on any atom is 0.252 e. The SMILES string of the molecule is Cl.O=C(/C=C/c1ccccc1)N(CCCN1CCOCC1)c1nc2ccc(Br)cc2s1. The van der Waals surface area contributed by atoms with E-state index in [2.05, 4.69) is 20.8 Å². The molecule has 0 N–H and O–H groups in total. The highest BCUT2D eigenvalue weighted by molar-refractivity contribution is 9.10. The number of ether oxygens (including phenoxy) is 1. The van der Waals surface area contributed by atoms with Crippen LogP contribution in [0.5, 0.6) is 0 Å². The van der Waals surface area contributed by atoms with Gasteiger partial charge in [0, 0.05) is 36.7 Å². The van der Waals surface area contributed by atoms with Crippen molar-refractivity contribution in [1.29, 1.82) is 0 Å². The van der Waals surface area contributed by atoms with Crippen molar-refractivity contribution in [3.8, 4) is 0 Å². The van der Waals surface area contributed by atoms with E-state index in [1.807, 2.05) is 54.6 Å². The fraction of sp³-hybridized carbons (Fsp3) is 0.304. The van der Waals surface area contributed by atoms with Crippen molar-refractivity contribution in [2.45, 2.75) is 6.42 Å². The van der Waals surface area contributed by atoms with Crippen molar-refractivity contribution in [3.63, 3.8) is 0 Å². The molecule has 5 nitrogen and oxygen atoms in total. The summed E-state index contributed by atoms with van der Waals surface area (Å²) in [6.07, 6.45) is 4.40. The number of nitrogens with zero attached hydrogens (tertiary/aromatic N) is 3. The third kappa shape index (κ3) is 6.60. The zero-order valence-corrected chi connectivity index (χ0v) is 20.3. The van der Waals surface area contributed by atoms with E-state index >= 15 is 0 Å². The molecule has 1 aromatic heterocycles. The molecule has 8 heteroatoms. The molecule has 3 aromatic rings. The lowest BCUT2D eigenvalue weighted by Gasteiger charge is -2.27. The largest absolute Gasteiger partial charge is 0.379 e. The smallest absolute Gasteiger partial charge is 0.252 e. The molecule has 0 atom stereocenters. The fourth-order valence-corrected chi connectivity index (χ4v) is 4.95. The molecule has 1 fully saturated rings. The number of rotatable bonds is 7. The van der Waals surface area contributed by atoms with Crippen molar-refractivity contribution in [1.82, 2.24) is 9.88 Å². The monoisotopic (exact) mass is 521 g/mol. The standard InChI is InChI=1S/C23H24BrN3O2S.ClH/c24-19-8-9-20-21(17-19)30-23(25-20)27(12-4-11-26-13-15-29-16-14-26)22(28)10-7-18-5-2-1-3-6-18;/h1-3,5-10,17H,4,11-16H2;1H/b10-7+;. The average molecular weight is 523 g/mol. The lowest BCUT2D eigenvalue weighted by molar-refractivity contribution is -0.114. The first-order chi connectivity index (χ1) is 14.7. The molecule has 1 aliphatic rings. The molecule has 0 aliphatic carbocycles. The van der Waals surface area contributed by atoms with E-state index in [1.54, 1.807) is 22.3 Å². The lowest BCUT2D eigenvalue weighted by Crippen LogP contribution is -2.39. The Morgan fingerprint density at radius 3 is 2.74 bits per heavy atom. The molecule has 1 amide bonds. The molecule has 164 valence electrons. The summed E-state index contributed by atoms with van der Waals surface area (Å²) in [4.78, 5) is 22.0. The van der Waals surface area contributed by atoms with Crippen LogP contribution in [0.4, 0.5) is 5.13 Å². The van der Waals surface area contributed by atoms with E-state index in [9.17, 15) is 4.79 Å². The van der Waals surface area contributed by atoms with Crippen molar-refractivity contribution in [3.05, 3.63) is 64.6 Å². The Balaban J connectivity index is 0.00000272. The molecule has 2 aromatic carbocycles. The Morgan fingerprint density at radius 1 is 1.19 bits per heavy atom. The van der Waals surface area contributed by atoms with Crippen LogP contribution in [-0.4, -0.2) is 55.2 Å². The van der Waals surface area contributed by atoms with E-state index in [0.717, 1.165) is 64.7 Å². The van der Waals surface area contributed by atoms with E-state index in [4.69, 9.17) is 9.72 Å². The first kappa shape index (κ1) is 23.9. The molecule has 1 saturated heterocycles. The van der Waals surface area contributed by atoms with Crippen molar-refractivity contribution in [2.24, 2.45) is 0 Å². The van der Waals surface area contributed by atoms with Crippen molar-refractivity contribution in [2.75, 3.05) is 44.3 Å². The molecule has 2 heterocycles. The van der Waals surface area contributed by atoms with Gasteiger partial charge in [-0.2, -0.15) is 0 Å². The van der Waals surface area contributed by atoms with E-state index in [1.165, 1.54) is 0 Å². The molecular formula is C23H25BrClN3O2S. The Kier molecular flexibility index (Phi) is 9.04. The Bertz CT molecular complexity index is 1020. The number of benzene rings is 2. The van der Waals surface area contributed by atoms with E-state index in [-0.39, 0.29) is 18.3 Å². The molecule has 0 radical (unpaired) electrons. The number of hydrogen-bond acceptors (Lipinski definition) is 5.